The summed E-state index contributed by atoms with van der Waals surface area (Å²) in [6.45, 7) is 2.51. The summed E-state index contributed by atoms with van der Waals surface area (Å²) in [5.41, 5.74) is 1.06. The predicted molar refractivity (Wildman–Crippen MR) is 115 cm³/mol. The summed E-state index contributed by atoms with van der Waals surface area (Å²) in [5.74, 6) is -0.787. The summed E-state index contributed by atoms with van der Waals surface area (Å²) < 4.78 is 9.22. The quantitative estimate of drug-likeness (QED) is 0.275. The molecule has 170 valence electrons. The van der Waals surface area contributed by atoms with Gasteiger partial charge in [-0.25, -0.2) is 9.59 Å². The van der Waals surface area contributed by atoms with Gasteiger partial charge >= 0.3 is 18.1 Å². The van der Waals surface area contributed by atoms with Crippen LogP contribution >= 0.6 is 12.4 Å². The first-order valence-electron chi connectivity index (χ1n) is 9.41. The fourth-order valence-electron chi connectivity index (χ4n) is 2.82. The van der Waals surface area contributed by atoms with Crippen LogP contribution in [0.5, 0.6) is 0 Å². The van der Waals surface area contributed by atoms with Crippen LogP contribution in [0.1, 0.15) is 25.3 Å². The molecule has 1 aromatic rings. The normalized spacial score (nSPS) is 14.8. The summed E-state index contributed by atoms with van der Waals surface area (Å²) in [6.07, 6.45) is -0.252. The van der Waals surface area contributed by atoms with E-state index in [0.29, 0.717) is 24.2 Å². The zero-order valence-corrected chi connectivity index (χ0v) is 18.0. The van der Waals surface area contributed by atoms with Crippen molar-refractivity contribution in [1.29, 1.82) is 5.41 Å². The second-order valence-electron chi connectivity index (χ2n) is 6.32. The van der Waals surface area contributed by atoms with E-state index in [2.05, 4.69) is 20.7 Å². The number of benzene rings is 1. The highest BCUT2D eigenvalue weighted by Crippen LogP contribution is 2.22. The Morgan fingerprint density at radius 2 is 1.90 bits per heavy atom. The maximum atomic E-state index is 12.6. The SMILES string of the molecule is CCOC(=O)CCNC(=O)N[C@H]1CCN(c2ccc(C(=N)NC(=O)OC)cc2)C1=O.Cl. The number of hydrogen-bond acceptors (Lipinski definition) is 7. The van der Waals surface area contributed by atoms with Gasteiger partial charge in [0, 0.05) is 24.3 Å². The van der Waals surface area contributed by atoms with Gasteiger partial charge in [-0.1, -0.05) is 0 Å². The van der Waals surface area contributed by atoms with Crippen molar-refractivity contribution in [3.05, 3.63) is 29.8 Å². The Kier molecular flexibility index (Phi) is 10.3. The summed E-state index contributed by atoms with van der Waals surface area (Å²) in [6, 6.07) is 5.31. The highest BCUT2D eigenvalue weighted by molar-refractivity contribution is 6.05. The van der Waals surface area contributed by atoms with Crippen LogP contribution in [0.3, 0.4) is 0 Å². The molecule has 4 N–H and O–H groups in total. The number of halogens is 1. The Morgan fingerprint density at radius 3 is 2.52 bits per heavy atom. The van der Waals surface area contributed by atoms with E-state index in [1.807, 2.05) is 0 Å². The van der Waals surface area contributed by atoms with E-state index in [-0.39, 0.29) is 43.7 Å². The first kappa shape index (κ1) is 25.7. The minimum atomic E-state index is -0.742. The molecule has 11 nitrogen and oxygen atoms in total. The number of rotatable bonds is 7. The molecule has 0 radical (unpaired) electrons. The van der Waals surface area contributed by atoms with Crippen molar-refractivity contribution in [3.8, 4) is 0 Å². The molecular formula is C19H26ClN5O6. The van der Waals surface area contributed by atoms with E-state index >= 15 is 0 Å². The van der Waals surface area contributed by atoms with Crippen LogP contribution in [0.25, 0.3) is 0 Å². The number of alkyl carbamates (subject to hydrolysis) is 1. The van der Waals surface area contributed by atoms with Crippen molar-refractivity contribution in [2.45, 2.75) is 25.8 Å². The third kappa shape index (κ3) is 7.45. The van der Waals surface area contributed by atoms with Gasteiger partial charge in [-0.15, -0.1) is 12.4 Å². The molecule has 2 rings (SSSR count). The third-order valence-corrected chi connectivity index (χ3v) is 4.31. The lowest BCUT2D eigenvalue weighted by Gasteiger charge is -2.18. The Bertz CT molecular complexity index is 817. The monoisotopic (exact) mass is 455 g/mol. The number of carbonyl (C=O) groups excluding carboxylic acids is 4. The van der Waals surface area contributed by atoms with Crippen molar-refractivity contribution in [2.75, 3.05) is 31.7 Å². The molecular weight excluding hydrogens is 430 g/mol. The number of ether oxygens (including phenoxy) is 2. The van der Waals surface area contributed by atoms with Crippen LogP contribution in [-0.2, 0) is 19.1 Å². The predicted octanol–water partition coefficient (Wildman–Crippen LogP) is 1.15. The number of carbonyl (C=O) groups is 4. The number of methoxy groups -OCH3 is 1. The topological polar surface area (TPSA) is 150 Å². The van der Waals surface area contributed by atoms with Crippen LogP contribution in [0.2, 0.25) is 0 Å². The zero-order chi connectivity index (χ0) is 22.1. The van der Waals surface area contributed by atoms with Crippen LogP contribution < -0.4 is 20.9 Å². The molecule has 1 saturated heterocycles. The summed E-state index contributed by atoms with van der Waals surface area (Å²) >= 11 is 0. The van der Waals surface area contributed by atoms with E-state index in [4.69, 9.17) is 10.1 Å². The lowest BCUT2D eigenvalue weighted by Crippen LogP contribution is -2.46. The van der Waals surface area contributed by atoms with E-state index in [0.717, 1.165) is 0 Å². The molecule has 1 aromatic carbocycles. The Morgan fingerprint density at radius 1 is 1.23 bits per heavy atom. The molecule has 0 spiro atoms. The average Bonchev–Trinajstić information content (AvgIpc) is 3.08. The van der Waals surface area contributed by atoms with Gasteiger partial charge in [-0.2, -0.15) is 0 Å². The van der Waals surface area contributed by atoms with E-state index < -0.39 is 24.1 Å². The average molecular weight is 456 g/mol. The first-order valence-corrected chi connectivity index (χ1v) is 9.41. The maximum absolute atomic E-state index is 12.6. The van der Waals surface area contributed by atoms with Gasteiger partial charge in [-0.3, -0.25) is 20.3 Å². The highest BCUT2D eigenvalue weighted by atomic mass is 35.5. The molecule has 0 saturated carbocycles. The van der Waals surface area contributed by atoms with Crippen molar-refractivity contribution < 1.29 is 28.7 Å². The van der Waals surface area contributed by atoms with Gasteiger partial charge in [0.2, 0.25) is 5.91 Å². The van der Waals surface area contributed by atoms with Gasteiger partial charge in [0.1, 0.15) is 11.9 Å². The molecule has 0 aliphatic carbocycles. The van der Waals surface area contributed by atoms with Gasteiger partial charge in [0.25, 0.3) is 0 Å². The van der Waals surface area contributed by atoms with Gasteiger partial charge in [0.15, 0.2) is 0 Å². The smallest absolute Gasteiger partial charge is 0.412 e. The molecule has 31 heavy (non-hydrogen) atoms. The standard InChI is InChI=1S/C19H25N5O6.ClH/c1-3-30-15(25)8-10-21-18(27)22-14-9-11-24(17(14)26)13-6-4-12(5-7-13)16(20)23-19(28)29-2;/h4-7,14H,3,8-11H2,1-2H3,(H2,20,23,28)(H2,21,22,27);1H/t14-;/m0./s1. The largest absolute Gasteiger partial charge is 0.466 e. The number of nitrogens with one attached hydrogen (secondary N) is 4. The molecule has 0 unspecified atom stereocenters. The third-order valence-electron chi connectivity index (χ3n) is 4.31. The number of esters is 1. The summed E-state index contributed by atoms with van der Waals surface area (Å²) in [7, 11) is 1.20. The zero-order valence-electron chi connectivity index (χ0n) is 17.2. The number of nitrogens with zero attached hydrogens (tertiary/aromatic N) is 1. The maximum Gasteiger partial charge on any atom is 0.412 e. The van der Waals surface area contributed by atoms with Crippen molar-refractivity contribution in [1.82, 2.24) is 16.0 Å². The van der Waals surface area contributed by atoms with Crippen LogP contribution in [0, 0.1) is 5.41 Å². The molecule has 0 aromatic heterocycles. The Labute approximate surface area is 185 Å². The summed E-state index contributed by atoms with van der Waals surface area (Å²) in [5, 5.41) is 15.2. The van der Waals surface area contributed by atoms with E-state index in [1.165, 1.54) is 12.0 Å². The minimum absolute atomic E-state index is 0. The fourth-order valence-corrected chi connectivity index (χ4v) is 2.82. The molecule has 1 atom stereocenters. The Balaban J connectivity index is 0.00000480. The van der Waals surface area contributed by atoms with Crippen molar-refractivity contribution in [3.63, 3.8) is 0 Å². The number of amidine groups is 1. The number of urea groups is 1. The van der Waals surface area contributed by atoms with Crippen molar-refractivity contribution in [2.24, 2.45) is 0 Å². The lowest BCUT2D eigenvalue weighted by atomic mass is 10.2. The molecule has 4 amide bonds. The van der Waals surface area contributed by atoms with Crippen LogP contribution in [0.15, 0.2) is 24.3 Å². The highest BCUT2D eigenvalue weighted by Gasteiger charge is 2.33. The van der Waals surface area contributed by atoms with Crippen LogP contribution in [-0.4, -0.2) is 62.7 Å². The van der Waals surface area contributed by atoms with Gasteiger partial charge in [-0.05, 0) is 37.6 Å². The van der Waals surface area contributed by atoms with Gasteiger partial charge in [0.05, 0.1) is 20.1 Å². The fraction of sp³-hybridized carbons (Fsp3) is 0.421. The van der Waals surface area contributed by atoms with Crippen molar-refractivity contribution >= 4 is 47.9 Å². The molecule has 1 heterocycles. The lowest BCUT2D eigenvalue weighted by molar-refractivity contribution is -0.142. The summed E-state index contributed by atoms with van der Waals surface area (Å²) in [4.78, 5) is 48.5. The van der Waals surface area contributed by atoms with E-state index in [1.54, 1.807) is 31.2 Å². The minimum Gasteiger partial charge on any atom is -0.466 e. The number of hydrogen-bond donors (Lipinski definition) is 4. The number of anilines is 1. The van der Waals surface area contributed by atoms with E-state index in [9.17, 15) is 19.2 Å². The first-order chi connectivity index (χ1) is 14.3. The molecule has 0 bridgehead atoms. The molecule has 12 heteroatoms. The van der Waals surface area contributed by atoms with Gasteiger partial charge < -0.3 is 25.0 Å². The Hall–Kier alpha value is -3.34. The second kappa shape index (κ2) is 12.4. The van der Waals surface area contributed by atoms with Crippen LogP contribution in [0.4, 0.5) is 15.3 Å². The number of amides is 4. The molecule has 1 aliphatic rings. The molecule has 1 aliphatic heterocycles. The second-order valence-corrected chi connectivity index (χ2v) is 6.32. The molecule has 1 fully saturated rings.